The summed E-state index contributed by atoms with van der Waals surface area (Å²) in [6.07, 6.45) is 1.65. The summed E-state index contributed by atoms with van der Waals surface area (Å²) < 4.78 is 5.69. The van der Waals surface area contributed by atoms with Crippen LogP contribution in [0.25, 0.3) is 0 Å². The van der Waals surface area contributed by atoms with Gasteiger partial charge in [0.1, 0.15) is 0 Å². The molecule has 110 valence electrons. The van der Waals surface area contributed by atoms with Crippen molar-refractivity contribution in [3.8, 4) is 0 Å². The Hall–Kier alpha value is -1.80. The van der Waals surface area contributed by atoms with Crippen molar-refractivity contribution < 1.29 is 9.53 Å². The van der Waals surface area contributed by atoms with Crippen molar-refractivity contribution in [2.45, 2.75) is 25.4 Å². The molecule has 0 spiro atoms. The molecule has 21 heavy (non-hydrogen) atoms. The third-order valence-corrected chi connectivity index (χ3v) is 3.49. The van der Waals surface area contributed by atoms with Gasteiger partial charge in [0.2, 0.25) is 0 Å². The van der Waals surface area contributed by atoms with E-state index in [0.29, 0.717) is 12.3 Å². The van der Waals surface area contributed by atoms with E-state index in [1.807, 2.05) is 60.7 Å². The molecule has 0 aliphatic rings. The standard InChI is InChI=1S/C18H19ClO2/c19-14-8-7-13-17(20)21-18(15-9-3-1-4-10-15)16-11-5-2-6-12-16/h1-6,9-12,18H,7-8,13-14H2. The van der Waals surface area contributed by atoms with E-state index < -0.39 is 0 Å². The van der Waals surface area contributed by atoms with Crippen LogP contribution in [0.4, 0.5) is 0 Å². The second-order valence-corrected chi connectivity index (χ2v) is 5.22. The van der Waals surface area contributed by atoms with Crippen LogP contribution >= 0.6 is 11.6 Å². The minimum atomic E-state index is -0.351. The normalized spacial score (nSPS) is 10.6. The van der Waals surface area contributed by atoms with Gasteiger partial charge in [0.25, 0.3) is 0 Å². The zero-order chi connectivity index (χ0) is 14.9. The highest BCUT2D eigenvalue weighted by atomic mass is 35.5. The van der Waals surface area contributed by atoms with Gasteiger partial charge in [0.05, 0.1) is 0 Å². The molecule has 0 aromatic heterocycles. The van der Waals surface area contributed by atoms with Gasteiger partial charge in [-0.15, -0.1) is 11.6 Å². The number of esters is 1. The molecule has 3 heteroatoms. The fourth-order valence-electron chi connectivity index (χ4n) is 2.14. The molecular formula is C18H19ClO2. The molecule has 0 saturated heterocycles. The SMILES string of the molecule is O=C(CCCCCl)OC(c1ccccc1)c1ccccc1. The van der Waals surface area contributed by atoms with Gasteiger partial charge in [0, 0.05) is 12.3 Å². The van der Waals surface area contributed by atoms with E-state index in [1.54, 1.807) is 0 Å². The van der Waals surface area contributed by atoms with Gasteiger partial charge >= 0.3 is 5.97 Å². The fourth-order valence-corrected chi connectivity index (χ4v) is 2.33. The molecule has 2 aromatic carbocycles. The molecule has 2 aromatic rings. The minimum absolute atomic E-state index is 0.183. The van der Waals surface area contributed by atoms with Gasteiger partial charge in [0.15, 0.2) is 6.10 Å². The summed E-state index contributed by atoms with van der Waals surface area (Å²) in [7, 11) is 0. The van der Waals surface area contributed by atoms with E-state index in [-0.39, 0.29) is 12.1 Å². The maximum atomic E-state index is 12.0. The van der Waals surface area contributed by atoms with Crippen molar-refractivity contribution in [2.24, 2.45) is 0 Å². The van der Waals surface area contributed by atoms with E-state index >= 15 is 0 Å². The number of unbranched alkanes of at least 4 members (excludes halogenated alkanes) is 1. The topological polar surface area (TPSA) is 26.3 Å². The predicted molar refractivity (Wildman–Crippen MR) is 85.4 cm³/mol. The maximum Gasteiger partial charge on any atom is 0.306 e. The first-order chi connectivity index (χ1) is 10.3. The molecule has 0 N–H and O–H groups in total. The molecule has 0 bridgehead atoms. The second kappa shape index (κ2) is 8.48. The van der Waals surface area contributed by atoms with E-state index in [9.17, 15) is 4.79 Å². The van der Waals surface area contributed by atoms with Crippen LogP contribution in [0.2, 0.25) is 0 Å². The molecule has 0 heterocycles. The van der Waals surface area contributed by atoms with Crippen LogP contribution < -0.4 is 0 Å². The van der Waals surface area contributed by atoms with E-state index in [1.165, 1.54) is 0 Å². The number of alkyl halides is 1. The number of ether oxygens (including phenoxy) is 1. The second-order valence-electron chi connectivity index (χ2n) is 4.84. The van der Waals surface area contributed by atoms with Gasteiger partial charge in [-0.3, -0.25) is 4.79 Å². The summed E-state index contributed by atoms with van der Waals surface area (Å²) in [6.45, 7) is 0. The Balaban J connectivity index is 2.12. The van der Waals surface area contributed by atoms with Crippen molar-refractivity contribution in [3.05, 3.63) is 71.8 Å². The van der Waals surface area contributed by atoms with Crippen LogP contribution in [-0.4, -0.2) is 11.8 Å². The van der Waals surface area contributed by atoms with Gasteiger partial charge in [-0.25, -0.2) is 0 Å². The van der Waals surface area contributed by atoms with Crippen LogP contribution in [0.15, 0.2) is 60.7 Å². The molecule has 0 unspecified atom stereocenters. The predicted octanol–water partition coefficient (Wildman–Crippen LogP) is 4.73. The lowest BCUT2D eigenvalue weighted by molar-refractivity contribution is -0.147. The Bertz CT molecular complexity index is 500. The Labute approximate surface area is 130 Å². The highest BCUT2D eigenvalue weighted by molar-refractivity contribution is 6.17. The summed E-state index contributed by atoms with van der Waals surface area (Å²) >= 11 is 5.63. The lowest BCUT2D eigenvalue weighted by Crippen LogP contribution is -2.12. The zero-order valence-corrected chi connectivity index (χ0v) is 12.6. The quantitative estimate of drug-likeness (QED) is 0.420. The third kappa shape index (κ3) is 4.91. The van der Waals surface area contributed by atoms with Crippen LogP contribution in [0.1, 0.15) is 36.5 Å². The van der Waals surface area contributed by atoms with Crippen molar-refractivity contribution in [1.82, 2.24) is 0 Å². The molecule has 2 nitrogen and oxygen atoms in total. The number of carbonyl (C=O) groups excluding carboxylic acids is 1. The zero-order valence-electron chi connectivity index (χ0n) is 11.9. The van der Waals surface area contributed by atoms with Gasteiger partial charge < -0.3 is 4.74 Å². The van der Waals surface area contributed by atoms with Crippen LogP contribution in [-0.2, 0) is 9.53 Å². The molecule has 0 atom stereocenters. The average Bonchev–Trinajstić information content (AvgIpc) is 2.54. The first-order valence-corrected chi connectivity index (χ1v) is 7.70. The molecular weight excluding hydrogens is 284 g/mol. The van der Waals surface area contributed by atoms with Gasteiger partial charge in [-0.1, -0.05) is 60.7 Å². The molecule has 0 aliphatic heterocycles. The van der Waals surface area contributed by atoms with E-state index in [4.69, 9.17) is 16.3 Å². The Morgan fingerprint density at radius 3 is 1.90 bits per heavy atom. The molecule has 0 amide bonds. The molecule has 0 radical (unpaired) electrons. The highest BCUT2D eigenvalue weighted by Gasteiger charge is 2.18. The smallest absolute Gasteiger partial charge is 0.306 e. The summed E-state index contributed by atoms with van der Waals surface area (Å²) in [6, 6.07) is 19.6. The number of halogens is 1. The molecule has 0 aliphatic carbocycles. The van der Waals surface area contributed by atoms with Crippen LogP contribution in [0.3, 0.4) is 0 Å². The highest BCUT2D eigenvalue weighted by Crippen LogP contribution is 2.26. The van der Waals surface area contributed by atoms with Crippen LogP contribution in [0.5, 0.6) is 0 Å². The average molecular weight is 303 g/mol. The molecule has 0 saturated carbocycles. The Morgan fingerprint density at radius 2 is 1.43 bits per heavy atom. The Morgan fingerprint density at radius 1 is 0.905 bits per heavy atom. The summed E-state index contributed by atoms with van der Waals surface area (Å²) in [4.78, 5) is 12.0. The maximum absolute atomic E-state index is 12.0. The van der Waals surface area contributed by atoms with E-state index in [2.05, 4.69) is 0 Å². The first-order valence-electron chi connectivity index (χ1n) is 7.16. The fraction of sp³-hybridized carbons (Fsp3) is 0.278. The minimum Gasteiger partial charge on any atom is -0.453 e. The lowest BCUT2D eigenvalue weighted by atomic mass is 10.0. The van der Waals surface area contributed by atoms with Gasteiger partial charge in [-0.2, -0.15) is 0 Å². The summed E-state index contributed by atoms with van der Waals surface area (Å²) in [5.74, 6) is 0.395. The lowest BCUT2D eigenvalue weighted by Gasteiger charge is -2.19. The first kappa shape index (κ1) is 15.6. The number of benzene rings is 2. The van der Waals surface area contributed by atoms with E-state index in [0.717, 1.165) is 24.0 Å². The molecule has 2 rings (SSSR count). The molecule has 0 fully saturated rings. The summed E-state index contributed by atoms with van der Waals surface area (Å²) in [5, 5.41) is 0. The largest absolute Gasteiger partial charge is 0.453 e. The Kier molecular flexibility index (Phi) is 6.29. The summed E-state index contributed by atoms with van der Waals surface area (Å²) in [5.41, 5.74) is 1.96. The van der Waals surface area contributed by atoms with Gasteiger partial charge in [-0.05, 0) is 24.0 Å². The number of hydrogen-bond acceptors (Lipinski definition) is 2. The van der Waals surface area contributed by atoms with Crippen molar-refractivity contribution in [2.75, 3.05) is 5.88 Å². The van der Waals surface area contributed by atoms with Crippen molar-refractivity contribution in [3.63, 3.8) is 0 Å². The van der Waals surface area contributed by atoms with Crippen LogP contribution in [0, 0.1) is 0 Å². The third-order valence-electron chi connectivity index (χ3n) is 3.22. The number of hydrogen-bond donors (Lipinski definition) is 0. The van der Waals surface area contributed by atoms with Crippen molar-refractivity contribution >= 4 is 17.6 Å². The number of rotatable bonds is 7. The monoisotopic (exact) mass is 302 g/mol. The van der Waals surface area contributed by atoms with Crippen molar-refractivity contribution in [1.29, 1.82) is 0 Å². The number of carbonyl (C=O) groups is 1.